The molecule has 2 heteroatoms. The fourth-order valence-corrected chi connectivity index (χ4v) is 3.58. The molecule has 0 amide bonds. The Morgan fingerprint density at radius 2 is 1.95 bits per heavy atom. The maximum absolute atomic E-state index is 6.53. The number of nitrogens with one attached hydrogen (secondary N) is 1. The lowest BCUT2D eigenvalue weighted by atomic mass is 9.77. The molecule has 1 N–H and O–H groups in total. The van der Waals surface area contributed by atoms with Crippen molar-refractivity contribution >= 4 is 0 Å². The van der Waals surface area contributed by atoms with Crippen molar-refractivity contribution in [2.75, 3.05) is 13.1 Å². The van der Waals surface area contributed by atoms with Gasteiger partial charge in [-0.05, 0) is 37.2 Å². The maximum Gasteiger partial charge on any atom is 0.0957 e. The van der Waals surface area contributed by atoms with Crippen molar-refractivity contribution in [3.05, 3.63) is 35.9 Å². The molecule has 3 rings (SSSR count). The Bertz CT molecular complexity index is 395. The third-order valence-corrected chi connectivity index (χ3v) is 4.93. The van der Waals surface area contributed by atoms with E-state index in [0.717, 1.165) is 19.0 Å². The SMILES string of the molecule is CCC1CCC2(CC1)CNCC(c1ccccc1)O2. The maximum atomic E-state index is 6.53. The molecule has 1 aromatic rings. The Labute approximate surface area is 116 Å². The second-order valence-corrected chi connectivity index (χ2v) is 6.18. The molecule has 1 aliphatic carbocycles. The third kappa shape index (κ3) is 2.85. The first kappa shape index (κ1) is 13.1. The van der Waals surface area contributed by atoms with Crippen LogP contribution in [-0.4, -0.2) is 18.7 Å². The summed E-state index contributed by atoms with van der Waals surface area (Å²) < 4.78 is 6.53. The number of rotatable bonds is 2. The highest BCUT2D eigenvalue weighted by molar-refractivity contribution is 5.19. The molecular formula is C17H25NO. The zero-order chi connectivity index (χ0) is 13.1. The molecule has 2 aliphatic rings. The standard InChI is InChI=1S/C17H25NO/c1-2-14-8-10-17(11-9-14)13-18-12-16(19-17)15-6-4-3-5-7-15/h3-7,14,16,18H,2,8-13H2,1H3. The molecule has 19 heavy (non-hydrogen) atoms. The van der Waals surface area contributed by atoms with Crippen LogP contribution < -0.4 is 5.32 Å². The molecule has 2 nitrogen and oxygen atoms in total. The van der Waals surface area contributed by atoms with Crippen molar-refractivity contribution in [2.45, 2.75) is 50.7 Å². The van der Waals surface area contributed by atoms with E-state index in [1.165, 1.54) is 37.7 Å². The van der Waals surface area contributed by atoms with Crippen molar-refractivity contribution in [2.24, 2.45) is 5.92 Å². The number of ether oxygens (including phenoxy) is 1. The van der Waals surface area contributed by atoms with Crippen LogP contribution >= 0.6 is 0 Å². The van der Waals surface area contributed by atoms with Crippen LogP contribution in [0.5, 0.6) is 0 Å². The normalized spacial score (nSPS) is 35.4. The molecule has 1 saturated heterocycles. The molecular weight excluding hydrogens is 234 g/mol. The Hall–Kier alpha value is -0.860. The molecule has 104 valence electrons. The Kier molecular flexibility index (Phi) is 3.90. The summed E-state index contributed by atoms with van der Waals surface area (Å²) in [5, 5.41) is 3.60. The van der Waals surface area contributed by atoms with Gasteiger partial charge in [0.1, 0.15) is 0 Å². The van der Waals surface area contributed by atoms with E-state index in [4.69, 9.17) is 4.74 Å². The molecule has 0 bridgehead atoms. The Morgan fingerprint density at radius 1 is 1.21 bits per heavy atom. The summed E-state index contributed by atoms with van der Waals surface area (Å²) in [4.78, 5) is 0. The first-order valence-corrected chi connectivity index (χ1v) is 7.75. The number of hydrogen-bond acceptors (Lipinski definition) is 2. The summed E-state index contributed by atoms with van der Waals surface area (Å²) >= 11 is 0. The third-order valence-electron chi connectivity index (χ3n) is 4.93. The first-order chi connectivity index (χ1) is 9.31. The van der Waals surface area contributed by atoms with Crippen LogP contribution in [0.2, 0.25) is 0 Å². The molecule has 2 fully saturated rings. The minimum absolute atomic E-state index is 0.102. The highest BCUT2D eigenvalue weighted by atomic mass is 16.5. The fourth-order valence-electron chi connectivity index (χ4n) is 3.58. The molecule has 0 radical (unpaired) electrons. The minimum atomic E-state index is 0.102. The Balaban J connectivity index is 1.68. The van der Waals surface area contributed by atoms with Gasteiger partial charge in [0, 0.05) is 13.1 Å². The van der Waals surface area contributed by atoms with E-state index >= 15 is 0 Å². The van der Waals surface area contributed by atoms with Crippen LogP contribution in [0.25, 0.3) is 0 Å². The van der Waals surface area contributed by atoms with Gasteiger partial charge >= 0.3 is 0 Å². The molecule has 1 atom stereocenters. The van der Waals surface area contributed by atoms with Crippen molar-refractivity contribution in [1.29, 1.82) is 0 Å². The Morgan fingerprint density at radius 3 is 2.63 bits per heavy atom. The lowest BCUT2D eigenvalue weighted by Gasteiger charge is -2.46. The van der Waals surface area contributed by atoms with Crippen molar-refractivity contribution in [1.82, 2.24) is 5.32 Å². The predicted molar refractivity (Wildman–Crippen MR) is 78.1 cm³/mol. The van der Waals surface area contributed by atoms with Crippen molar-refractivity contribution < 1.29 is 4.74 Å². The largest absolute Gasteiger partial charge is 0.364 e. The minimum Gasteiger partial charge on any atom is -0.364 e. The monoisotopic (exact) mass is 259 g/mol. The van der Waals surface area contributed by atoms with Gasteiger partial charge in [-0.1, -0.05) is 43.7 Å². The molecule has 1 aromatic carbocycles. The van der Waals surface area contributed by atoms with Gasteiger partial charge in [-0.2, -0.15) is 0 Å². The summed E-state index contributed by atoms with van der Waals surface area (Å²) in [6.45, 7) is 4.30. The molecule has 1 aliphatic heterocycles. The fraction of sp³-hybridized carbons (Fsp3) is 0.647. The zero-order valence-corrected chi connectivity index (χ0v) is 11.9. The second-order valence-electron chi connectivity index (χ2n) is 6.18. The van der Waals surface area contributed by atoms with E-state index < -0.39 is 0 Å². The van der Waals surface area contributed by atoms with Gasteiger partial charge in [0.15, 0.2) is 0 Å². The van der Waals surface area contributed by atoms with E-state index in [0.29, 0.717) is 0 Å². The molecule has 1 heterocycles. The van der Waals surface area contributed by atoms with E-state index in [1.54, 1.807) is 0 Å². The first-order valence-electron chi connectivity index (χ1n) is 7.75. The zero-order valence-electron chi connectivity index (χ0n) is 11.9. The molecule has 1 unspecified atom stereocenters. The van der Waals surface area contributed by atoms with Gasteiger partial charge in [0.05, 0.1) is 11.7 Å². The van der Waals surface area contributed by atoms with E-state index in [2.05, 4.69) is 42.6 Å². The van der Waals surface area contributed by atoms with Gasteiger partial charge in [-0.3, -0.25) is 0 Å². The average Bonchev–Trinajstić information content (AvgIpc) is 2.49. The molecule has 0 aromatic heterocycles. The van der Waals surface area contributed by atoms with Crippen LogP contribution in [0.3, 0.4) is 0 Å². The molecule has 1 spiro atoms. The highest BCUT2D eigenvalue weighted by Gasteiger charge is 2.40. The van der Waals surface area contributed by atoms with Crippen LogP contribution in [-0.2, 0) is 4.74 Å². The summed E-state index contributed by atoms with van der Waals surface area (Å²) in [7, 11) is 0. The van der Waals surface area contributed by atoms with E-state index in [-0.39, 0.29) is 11.7 Å². The van der Waals surface area contributed by atoms with E-state index in [1.807, 2.05) is 0 Å². The van der Waals surface area contributed by atoms with Gasteiger partial charge in [0.25, 0.3) is 0 Å². The van der Waals surface area contributed by atoms with E-state index in [9.17, 15) is 0 Å². The smallest absolute Gasteiger partial charge is 0.0957 e. The highest BCUT2D eigenvalue weighted by Crippen LogP contribution is 2.40. The predicted octanol–water partition coefficient (Wildman–Crippen LogP) is 3.69. The molecule has 1 saturated carbocycles. The van der Waals surface area contributed by atoms with Crippen LogP contribution in [0.15, 0.2) is 30.3 Å². The van der Waals surface area contributed by atoms with Gasteiger partial charge in [-0.15, -0.1) is 0 Å². The van der Waals surface area contributed by atoms with Crippen LogP contribution in [0.4, 0.5) is 0 Å². The topological polar surface area (TPSA) is 21.3 Å². The van der Waals surface area contributed by atoms with Gasteiger partial charge in [-0.25, -0.2) is 0 Å². The summed E-state index contributed by atoms with van der Waals surface area (Å²) in [5.41, 5.74) is 1.41. The summed E-state index contributed by atoms with van der Waals surface area (Å²) in [6.07, 6.45) is 6.67. The second kappa shape index (κ2) is 5.64. The van der Waals surface area contributed by atoms with Crippen molar-refractivity contribution in [3.8, 4) is 0 Å². The lowest BCUT2D eigenvalue weighted by Crippen LogP contribution is -2.52. The number of benzene rings is 1. The van der Waals surface area contributed by atoms with Gasteiger partial charge < -0.3 is 10.1 Å². The summed E-state index contributed by atoms with van der Waals surface area (Å²) in [6, 6.07) is 10.6. The van der Waals surface area contributed by atoms with Crippen molar-refractivity contribution in [3.63, 3.8) is 0 Å². The average molecular weight is 259 g/mol. The number of morpholine rings is 1. The van der Waals surface area contributed by atoms with Crippen LogP contribution in [0, 0.1) is 5.92 Å². The lowest BCUT2D eigenvalue weighted by molar-refractivity contribution is -0.141. The quantitative estimate of drug-likeness (QED) is 0.874. The number of hydrogen-bond donors (Lipinski definition) is 1. The van der Waals surface area contributed by atoms with Gasteiger partial charge in [0.2, 0.25) is 0 Å². The summed E-state index contributed by atoms with van der Waals surface area (Å²) in [5.74, 6) is 0.923. The van der Waals surface area contributed by atoms with Crippen LogP contribution in [0.1, 0.15) is 50.7 Å².